The Morgan fingerprint density at radius 2 is 2.05 bits per heavy atom. The summed E-state index contributed by atoms with van der Waals surface area (Å²) in [5.74, 6) is 0.905. The lowest BCUT2D eigenvalue weighted by Gasteiger charge is -2.17. The number of nitrogens with one attached hydrogen (secondary N) is 1. The van der Waals surface area contributed by atoms with Gasteiger partial charge in [0.25, 0.3) is 5.91 Å². The van der Waals surface area contributed by atoms with Gasteiger partial charge in [-0.15, -0.1) is 0 Å². The Labute approximate surface area is 124 Å². The predicted octanol–water partition coefficient (Wildman–Crippen LogP) is 3.00. The molecule has 4 nitrogen and oxygen atoms in total. The van der Waals surface area contributed by atoms with Gasteiger partial charge in [0.2, 0.25) is 0 Å². The van der Waals surface area contributed by atoms with Crippen molar-refractivity contribution in [2.75, 3.05) is 6.61 Å². The highest BCUT2D eigenvalue weighted by Gasteiger charge is 2.18. The summed E-state index contributed by atoms with van der Waals surface area (Å²) in [6.07, 6.45) is 1.23. The van der Waals surface area contributed by atoms with E-state index in [0.717, 1.165) is 23.3 Å². The molecule has 0 aliphatic rings. The van der Waals surface area contributed by atoms with Crippen LogP contribution in [0.4, 0.5) is 0 Å². The summed E-state index contributed by atoms with van der Waals surface area (Å²) < 4.78 is 5.57. The van der Waals surface area contributed by atoms with Gasteiger partial charge in [-0.2, -0.15) is 0 Å². The molecular formula is C17H21NO3. The van der Waals surface area contributed by atoms with Crippen LogP contribution in [-0.2, 0) is 6.42 Å². The molecule has 1 aromatic carbocycles. The van der Waals surface area contributed by atoms with Crippen molar-refractivity contribution in [1.29, 1.82) is 0 Å². The summed E-state index contributed by atoms with van der Waals surface area (Å²) in [4.78, 5) is 12.3. The largest absolute Gasteiger partial charge is 0.456 e. The van der Waals surface area contributed by atoms with E-state index >= 15 is 0 Å². The second kappa shape index (κ2) is 7.09. The molecular weight excluding hydrogens is 266 g/mol. The monoisotopic (exact) mass is 287 g/mol. The summed E-state index contributed by atoms with van der Waals surface area (Å²) >= 11 is 0. The summed E-state index contributed by atoms with van der Waals surface area (Å²) in [7, 11) is 0. The lowest BCUT2D eigenvalue weighted by molar-refractivity contribution is 0.0900. The standard InChI is InChI=1S/C17H21NO3/c1-3-15-12(2)11-16(21-15)17(20)18-14(9-10-19)13-7-5-4-6-8-13/h4-8,11,14,19H,3,9-10H2,1-2H3,(H,18,20)/t14-/m1/s1. The first-order valence-corrected chi connectivity index (χ1v) is 7.21. The second-order valence-electron chi connectivity index (χ2n) is 5.02. The zero-order chi connectivity index (χ0) is 15.2. The molecule has 0 aliphatic carbocycles. The average Bonchev–Trinajstić information content (AvgIpc) is 2.89. The fourth-order valence-electron chi connectivity index (χ4n) is 2.35. The molecule has 4 heteroatoms. The van der Waals surface area contributed by atoms with E-state index in [1.165, 1.54) is 0 Å². The van der Waals surface area contributed by atoms with Crippen molar-refractivity contribution in [3.05, 3.63) is 59.0 Å². The van der Waals surface area contributed by atoms with Crippen LogP contribution in [0.2, 0.25) is 0 Å². The van der Waals surface area contributed by atoms with Crippen LogP contribution in [0.1, 0.15) is 46.8 Å². The molecule has 0 unspecified atom stereocenters. The number of aryl methyl sites for hydroxylation is 2. The lowest BCUT2D eigenvalue weighted by atomic mass is 10.0. The molecule has 2 aromatic rings. The quantitative estimate of drug-likeness (QED) is 0.858. The van der Waals surface area contributed by atoms with E-state index in [1.807, 2.05) is 44.2 Å². The molecule has 0 radical (unpaired) electrons. The Hall–Kier alpha value is -2.07. The minimum Gasteiger partial charge on any atom is -0.456 e. The number of hydrogen-bond acceptors (Lipinski definition) is 3. The fraction of sp³-hybridized carbons (Fsp3) is 0.353. The third-order valence-electron chi connectivity index (χ3n) is 3.49. The number of benzene rings is 1. The van der Waals surface area contributed by atoms with Crippen molar-refractivity contribution in [2.45, 2.75) is 32.7 Å². The maximum Gasteiger partial charge on any atom is 0.287 e. The van der Waals surface area contributed by atoms with Gasteiger partial charge in [-0.25, -0.2) is 0 Å². The molecule has 21 heavy (non-hydrogen) atoms. The van der Waals surface area contributed by atoms with Crippen molar-refractivity contribution < 1.29 is 14.3 Å². The van der Waals surface area contributed by atoms with Gasteiger partial charge < -0.3 is 14.8 Å². The molecule has 0 saturated heterocycles. The Kier molecular flexibility index (Phi) is 5.17. The summed E-state index contributed by atoms with van der Waals surface area (Å²) in [5, 5.41) is 12.1. The van der Waals surface area contributed by atoms with Gasteiger partial charge in [0.1, 0.15) is 5.76 Å². The van der Waals surface area contributed by atoms with E-state index < -0.39 is 0 Å². The first-order valence-electron chi connectivity index (χ1n) is 7.21. The molecule has 112 valence electrons. The van der Waals surface area contributed by atoms with Crippen LogP contribution < -0.4 is 5.32 Å². The zero-order valence-electron chi connectivity index (χ0n) is 12.4. The summed E-state index contributed by atoms with van der Waals surface area (Å²) in [6.45, 7) is 3.94. The van der Waals surface area contributed by atoms with Crippen LogP contribution in [0.25, 0.3) is 0 Å². The van der Waals surface area contributed by atoms with Crippen molar-refractivity contribution in [3.63, 3.8) is 0 Å². The second-order valence-corrected chi connectivity index (χ2v) is 5.02. The minimum atomic E-state index is -0.250. The minimum absolute atomic E-state index is 0.0111. The first-order chi connectivity index (χ1) is 10.2. The first kappa shape index (κ1) is 15.3. The van der Waals surface area contributed by atoms with Crippen molar-refractivity contribution in [3.8, 4) is 0 Å². The van der Waals surface area contributed by atoms with Gasteiger partial charge in [-0.3, -0.25) is 4.79 Å². The molecule has 0 bridgehead atoms. The van der Waals surface area contributed by atoms with Crippen molar-refractivity contribution in [1.82, 2.24) is 5.32 Å². The Morgan fingerprint density at radius 1 is 1.33 bits per heavy atom. The van der Waals surface area contributed by atoms with Crippen LogP contribution >= 0.6 is 0 Å². The molecule has 2 rings (SSSR count). The lowest BCUT2D eigenvalue weighted by Crippen LogP contribution is -2.28. The molecule has 0 fully saturated rings. The van der Waals surface area contributed by atoms with E-state index in [4.69, 9.17) is 4.42 Å². The van der Waals surface area contributed by atoms with E-state index in [9.17, 15) is 9.90 Å². The molecule has 0 aliphatic heterocycles. The van der Waals surface area contributed by atoms with Gasteiger partial charge in [0, 0.05) is 13.0 Å². The third-order valence-corrected chi connectivity index (χ3v) is 3.49. The number of rotatable bonds is 6. The number of carbonyl (C=O) groups is 1. The highest BCUT2D eigenvalue weighted by molar-refractivity contribution is 5.92. The SMILES string of the molecule is CCc1oc(C(=O)N[C@H](CCO)c2ccccc2)cc1C. The van der Waals surface area contributed by atoms with E-state index in [2.05, 4.69) is 5.32 Å². The molecule has 2 N–H and O–H groups in total. The molecule has 1 heterocycles. The van der Waals surface area contributed by atoms with Crippen molar-refractivity contribution in [2.24, 2.45) is 0 Å². The van der Waals surface area contributed by atoms with Crippen LogP contribution in [0.5, 0.6) is 0 Å². The van der Waals surface area contributed by atoms with E-state index in [0.29, 0.717) is 12.2 Å². The summed E-state index contributed by atoms with van der Waals surface area (Å²) in [6, 6.07) is 11.2. The Balaban J connectivity index is 2.14. The summed E-state index contributed by atoms with van der Waals surface area (Å²) in [5.41, 5.74) is 1.96. The smallest absolute Gasteiger partial charge is 0.287 e. The third kappa shape index (κ3) is 3.73. The molecule has 0 spiro atoms. The Morgan fingerprint density at radius 3 is 2.62 bits per heavy atom. The molecule has 0 saturated carbocycles. The van der Waals surface area contributed by atoms with Gasteiger partial charge in [0.05, 0.1) is 6.04 Å². The van der Waals surface area contributed by atoms with Crippen molar-refractivity contribution >= 4 is 5.91 Å². The molecule has 1 amide bonds. The number of hydrogen-bond donors (Lipinski definition) is 2. The zero-order valence-corrected chi connectivity index (χ0v) is 12.4. The van der Waals surface area contributed by atoms with Gasteiger partial charge in [-0.1, -0.05) is 37.3 Å². The van der Waals surface area contributed by atoms with Gasteiger partial charge in [-0.05, 0) is 30.5 Å². The normalized spacial score (nSPS) is 12.1. The van der Waals surface area contributed by atoms with E-state index in [-0.39, 0.29) is 18.6 Å². The van der Waals surface area contributed by atoms with Crippen LogP contribution in [0.15, 0.2) is 40.8 Å². The van der Waals surface area contributed by atoms with Crippen LogP contribution in [0, 0.1) is 6.92 Å². The average molecular weight is 287 g/mol. The maximum atomic E-state index is 12.3. The van der Waals surface area contributed by atoms with Crippen LogP contribution in [-0.4, -0.2) is 17.6 Å². The Bertz CT molecular complexity index is 589. The molecule has 1 aromatic heterocycles. The topological polar surface area (TPSA) is 62.5 Å². The van der Waals surface area contributed by atoms with E-state index in [1.54, 1.807) is 6.07 Å². The highest BCUT2D eigenvalue weighted by atomic mass is 16.4. The van der Waals surface area contributed by atoms with Gasteiger partial charge in [0.15, 0.2) is 5.76 Å². The maximum absolute atomic E-state index is 12.3. The molecule has 1 atom stereocenters. The number of furan rings is 1. The van der Waals surface area contributed by atoms with Gasteiger partial charge >= 0.3 is 0 Å². The number of aliphatic hydroxyl groups is 1. The van der Waals surface area contributed by atoms with Crippen LogP contribution in [0.3, 0.4) is 0 Å². The predicted molar refractivity (Wildman–Crippen MR) is 81.2 cm³/mol. The highest BCUT2D eigenvalue weighted by Crippen LogP contribution is 2.19. The number of carbonyl (C=O) groups excluding carboxylic acids is 1. The fourth-order valence-corrected chi connectivity index (χ4v) is 2.35. The number of amides is 1. The number of aliphatic hydroxyl groups excluding tert-OH is 1.